The van der Waals surface area contributed by atoms with Crippen LogP contribution < -0.4 is 5.19 Å². The first-order valence-corrected chi connectivity index (χ1v) is 18.4. The van der Waals surface area contributed by atoms with Crippen LogP contribution in [0.2, 0.25) is 19.6 Å². The van der Waals surface area contributed by atoms with Crippen LogP contribution in [-0.4, -0.2) is 23.0 Å². The van der Waals surface area contributed by atoms with Gasteiger partial charge in [0.1, 0.15) is 0 Å². The number of hydrogen-bond acceptors (Lipinski definition) is 4. The Morgan fingerprint density at radius 3 is 2.31 bits per heavy atom. The number of fused-ring (bicyclic) bond motifs is 1. The van der Waals surface area contributed by atoms with Gasteiger partial charge in [0.2, 0.25) is 0 Å². The van der Waals surface area contributed by atoms with Crippen molar-refractivity contribution in [1.29, 1.82) is 0 Å². The Morgan fingerprint density at radius 1 is 0.867 bits per heavy atom. The molecule has 0 aliphatic carbocycles. The van der Waals surface area contributed by atoms with Crippen LogP contribution in [0.3, 0.4) is 0 Å². The summed E-state index contributed by atoms with van der Waals surface area (Å²) in [6.45, 7) is 2.60. The number of nitrogens with zero attached hydrogens (tertiary/aromatic N) is 3. The van der Waals surface area contributed by atoms with Gasteiger partial charge in [-0.1, -0.05) is 88.3 Å². The van der Waals surface area contributed by atoms with Crippen molar-refractivity contribution in [3.8, 4) is 33.0 Å². The van der Waals surface area contributed by atoms with Crippen molar-refractivity contribution in [2.24, 2.45) is 0 Å². The SMILES string of the molecule is Cc1[c-]c(-c2nccc3c(C)c(-c4ccc([Si](C)(C)C)cc4)sc23)cc(C)c1.[2H]C([2H])([2H])c1c[c-]c(-c2cc(C([2H])([2H])[2H])c(C([2H])([2H])[2H])cn2)c(C([2H])([2H])[2H])n1.[Ir]. The molecule has 0 saturated heterocycles. The molecule has 0 aliphatic heterocycles. The Kier molecular flexibility index (Phi) is 6.69. The molecule has 6 heteroatoms. The smallest absolute Gasteiger partial charge is 0.0775 e. The second kappa shape index (κ2) is 14.0. The average Bonchev–Trinajstić information content (AvgIpc) is 3.42. The fourth-order valence-electron chi connectivity index (χ4n) is 4.96. The van der Waals surface area contributed by atoms with Crippen molar-refractivity contribution in [2.45, 2.75) is 67.8 Å². The van der Waals surface area contributed by atoms with Gasteiger partial charge in [-0.25, -0.2) is 0 Å². The Hall–Kier alpha value is -3.28. The molecule has 4 aromatic heterocycles. The van der Waals surface area contributed by atoms with E-state index < -0.39 is 58.0 Å². The molecule has 0 aliphatic rings. The third kappa shape index (κ3) is 7.75. The predicted molar refractivity (Wildman–Crippen MR) is 192 cm³/mol. The average molecular weight is 816 g/mol. The predicted octanol–water partition coefficient (Wildman–Crippen LogP) is 10.1. The van der Waals surface area contributed by atoms with E-state index in [4.69, 9.17) is 21.4 Å². The summed E-state index contributed by atoms with van der Waals surface area (Å²) in [5.41, 5.74) is 4.66. The van der Waals surface area contributed by atoms with Gasteiger partial charge < -0.3 is 15.0 Å². The van der Waals surface area contributed by atoms with E-state index in [1.807, 2.05) is 17.5 Å². The zero-order chi connectivity index (χ0) is 41.8. The second-order valence-electron chi connectivity index (χ2n) is 11.8. The fraction of sp³-hybridized carbons (Fsp3) is 0.256. The minimum Gasteiger partial charge on any atom is -0.354 e. The van der Waals surface area contributed by atoms with E-state index in [2.05, 4.69) is 105 Å². The van der Waals surface area contributed by atoms with Gasteiger partial charge in [0.15, 0.2) is 0 Å². The van der Waals surface area contributed by atoms with Crippen LogP contribution in [0.1, 0.15) is 55.7 Å². The van der Waals surface area contributed by atoms with Crippen LogP contribution in [0.25, 0.3) is 43.0 Å². The molecule has 0 unspecified atom stereocenters. The van der Waals surface area contributed by atoms with E-state index in [1.54, 1.807) is 0 Å². The number of pyridine rings is 3. The summed E-state index contributed by atoms with van der Waals surface area (Å²) in [6, 6.07) is 23.7. The van der Waals surface area contributed by atoms with Gasteiger partial charge in [-0.3, -0.25) is 0 Å². The maximum atomic E-state index is 7.62. The molecule has 0 amide bonds. The topological polar surface area (TPSA) is 38.7 Å². The molecule has 2 aromatic carbocycles. The quantitative estimate of drug-likeness (QED) is 0.131. The summed E-state index contributed by atoms with van der Waals surface area (Å²) in [6.07, 6.45) is 2.78. The van der Waals surface area contributed by atoms with Gasteiger partial charge in [-0.05, 0) is 65.9 Å². The Balaban J connectivity index is 0.000000248. The van der Waals surface area contributed by atoms with E-state index in [9.17, 15) is 0 Å². The van der Waals surface area contributed by atoms with Gasteiger partial charge in [-0.2, -0.15) is 0 Å². The molecule has 0 fully saturated rings. The molecule has 6 rings (SSSR count). The summed E-state index contributed by atoms with van der Waals surface area (Å²) < 4.78 is 91.4. The number of aryl methyl sites for hydroxylation is 7. The van der Waals surface area contributed by atoms with Gasteiger partial charge in [0.25, 0.3) is 0 Å². The van der Waals surface area contributed by atoms with Crippen LogP contribution in [0.4, 0.5) is 0 Å². The molecule has 4 heterocycles. The molecule has 0 atom stereocenters. The summed E-state index contributed by atoms with van der Waals surface area (Å²) >= 11 is 1.85. The van der Waals surface area contributed by atoms with Crippen LogP contribution >= 0.6 is 11.3 Å². The summed E-state index contributed by atoms with van der Waals surface area (Å²) in [5.74, 6) is 0. The van der Waals surface area contributed by atoms with Gasteiger partial charge >= 0.3 is 0 Å². The maximum Gasteiger partial charge on any atom is 0.0775 e. The van der Waals surface area contributed by atoms with E-state index in [-0.39, 0.29) is 31.4 Å². The zero-order valence-corrected chi connectivity index (χ0v) is 30.1. The first-order chi connectivity index (χ1) is 25.7. The Morgan fingerprint density at radius 2 is 1.64 bits per heavy atom. The third-order valence-electron chi connectivity index (χ3n) is 7.25. The standard InChI is InChI=1S/C25H26NSSi.C14H15N2.Ir/c1-16-13-17(2)15-20(14-16)23-25-22(11-12-26-23)18(3)24(27-25)19-7-9-21(10-8-19)28(4,5)6;1-9-7-14(15-8-10(9)2)13-6-5-11(3)16-12(13)4;/h7-14H,1-6H3;5,7-8H,1-4H3;/q2*-1;/i;1D3,2D3,3D3,4D3;. The molecule has 1 radical (unpaired) electrons. The molecule has 0 saturated carbocycles. The van der Waals surface area contributed by atoms with E-state index >= 15 is 0 Å². The summed E-state index contributed by atoms with van der Waals surface area (Å²) in [7, 11) is -1.28. The van der Waals surface area contributed by atoms with Crippen molar-refractivity contribution in [3.05, 3.63) is 118 Å². The van der Waals surface area contributed by atoms with Crippen molar-refractivity contribution >= 4 is 34.7 Å². The maximum absolute atomic E-state index is 7.62. The molecular formula is C39H41IrN3SSi-2. The molecule has 233 valence electrons. The summed E-state index contributed by atoms with van der Waals surface area (Å²) in [4.78, 5) is 13.7. The van der Waals surface area contributed by atoms with E-state index in [0.717, 1.165) is 35.2 Å². The van der Waals surface area contributed by atoms with Gasteiger partial charge in [0, 0.05) is 64.2 Å². The van der Waals surface area contributed by atoms with Crippen molar-refractivity contribution < 1.29 is 36.6 Å². The van der Waals surface area contributed by atoms with Crippen LogP contribution in [-0.2, 0) is 20.1 Å². The first kappa shape index (κ1) is 21.5. The second-order valence-corrected chi connectivity index (χ2v) is 17.9. The number of hydrogen-bond donors (Lipinski definition) is 0. The zero-order valence-electron chi connectivity index (χ0n) is 37.9. The van der Waals surface area contributed by atoms with Crippen LogP contribution in [0.15, 0.2) is 67.0 Å². The molecule has 0 spiro atoms. The number of benzene rings is 2. The van der Waals surface area contributed by atoms with Gasteiger partial charge in [-0.15, -0.1) is 63.9 Å². The molecule has 0 bridgehead atoms. The number of aromatic nitrogens is 3. The van der Waals surface area contributed by atoms with Crippen LogP contribution in [0, 0.1) is 60.3 Å². The normalized spacial score (nSPS) is 16.2. The van der Waals surface area contributed by atoms with Crippen molar-refractivity contribution in [1.82, 2.24) is 15.0 Å². The third-order valence-corrected chi connectivity index (χ3v) is 10.7. The van der Waals surface area contributed by atoms with Gasteiger partial charge in [0.05, 0.1) is 8.07 Å². The minimum absolute atomic E-state index is 0. The minimum atomic E-state index is -2.84. The summed E-state index contributed by atoms with van der Waals surface area (Å²) in [5, 5.41) is 2.80. The number of rotatable bonds is 4. The van der Waals surface area contributed by atoms with Crippen LogP contribution in [0.5, 0.6) is 0 Å². The van der Waals surface area contributed by atoms with Crippen molar-refractivity contribution in [2.75, 3.05) is 0 Å². The molecular weight excluding hydrogens is 763 g/mol. The molecule has 3 nitrogen and oxygen atoms in total. The monoisotopic (exact) mass is 816 g/mol. The first-order valence-electron chi connectivity index (χ1n) is 20.1. The molecule has 6 aromatic rings. The largest absolute Gasteiger partial charge is 0.354 e. The fourth-order valence-corrected chi connectivity index (χ4v) is 7.44. The molecule has 45 heavy (non-hydrogen) atoms. The molecule has 0 N–H and O–H groups in total. The number of thiophene rings is 1. The van der Waals surface area contributed by atoms with E-state index in [1.165, 1.54) is 36.8 Å². The Bertz CT molecular complexity index is 2370. The van der Waals surface area contributed by atoms with Crippen molar-refractivity contribution in [3.63, 3.8) is 0 Å². The Labute approximate surface area is 304 Å². The van der Waals surface area contributed by atoms with E-state index in [0.29, 0.717) is 0 Å².